The molecule has 0 aliphatic heterocycles. The quantitative estimate of drug-likeness (QED) is 0.474. The maximum atomic E-state index is 5.57. The maximum absolute atomic E-state index is 5.57. The molecule has 3 heteroatoms. The first kappa shape index (κ1) is 19.1. The van der Waals surface area contributed by atoms with Crippen molar-refractivity contribution >= 4 is 6.08 Å². The van der Waals surface area contributed by atoms with Gasteiger partial charge < -0.3 is 9.47 Å². The third-order valence-electron chi connectivity index (χ3n) is 4.04. The van der Waals surface area contributed by atoms with Crippen molar-refractivity contribution in [2.24, 2.45) is 0 Å². The van der Waals surface area contributed by atoms with Crippen LogP contribution in [0, 0.1) is 0 Å². The second kappa shape index (κ2) is 10.6. The van der Waals surface area contributed by atoms with Gasteiger partial charge in [0.15, 0.2) is 6.29 Å². The minimum atomic E-state index is -0.358. The van der Waals surface area contributed by atoms with E-state index >= 15 is 0 Å². The van der Waals surface area contributed by atoms with Gasteiger partial charge in [-0.15, -0.1) is 6.58 Å². The molecule has 132 valence electrons. The monoisotopic (exact) mass is 337 g/mol. The van der Waals surface area contributed by atoms with Gasteiger partial charge >= 0.3 is 0 Å². The highest BCUT2D eigenvalue weighted by Gasteiger charge is 2.24. The van der Waals surface area contributed by atoms with E-state index in [4.69, 9.17) is 9.47 Å². The van der Waals surface area contributed by atoms with Crippen LogP contribution in [-0.2, 0) is 16.0 Å². The standard InChI is InChI=1S/C22H27NO2/c1-4-17-23(18-20-13-9-6-10-14-20)21(22(24-2)25-3)16-15-19-11-7-5-8-12-19/h4-16,21-22H,1,17-18H2,2-3H3/b16-15+. The number of ether oxygens (including phenoxy) is 2. The van der Waals surface area contributed by atoms with E-state index in [2.05, 4.69) is 60.0 Å². The molecule has 0 spiro atoms. The second-order valence-electron chi connectivity index (χ2n) is 5.80. The molecule has 0 radical (unpaired) electrons. The summed E-state index contributed by atoms with van der Waals surface area (Å²) in [6.45, 7) is 5.44. The summed E-state index contributed by atoms with van der Waals surface area (Å²) in [6.07, 6.45) is 5.80. The van der Waals surface area contributed by atoms with Crippen LogP contribution in [0.2, 0.25) is 0 Å². The molecule has 0 fully saturated rings. The van der Waals surface area contributed by atoms with Gasteiger partial charge in [0.2, 0.25) is 0 Å². The Balaban J connectivity index is 2.26. The summed E-state index contributed by atoms with van der Waals surface area (Å²) in [5.74, 6) is 0. The average Bonchev–Trinajstić information content (AvgIpc) is 2.66. The highest BCUT2D eigenvalue weighted by molar-refractivity contribution is 5.49. The van der Waals surface area contributed by atoms with Crippen molar-refractivity contribution in [3.05, 3.63) is 90.5 Å². The summed E-state index contributed by atoms with van der Waals surface area (Å²) in [4.78, 5) is 2.29. The van der Waals surface area contributed by atoms with Gasteiger partial charge in [-0.1, -0.05) is 78.9 Å². The summed E-state index contributed by atoms with van der Waals surface area (Å²) in [6, 6.07) is 20.6. The van der Waals surface area contributed by atoms with E-state index in [-0.39, 0.29) is 12.3 Å². The number of benzene rings is 2. The lowest BCUT2D eigenvalue weighted by molar-refractivity contribution is -0.135. The highest BCUT2D eigenvalue weighted by atomic mass is 16.7. The molecular weight excluding hydrogens is 310 g/mol. The van der Waals surface area contributed by atoms with E-state index in [1.807, 2.05) is 30.3 Å². The van der Waals surface area contributed by atoms with E-state index in [9.17, 15) is 0 Å². The van der Waals surface area contributed by atoms with Crippen LogP contribution in [0.1, 0.15) is 11.1 Å². The lowest BCUT2D eigenvalue weighted by atomic mass is 10.1. The van der Waals surface area contributed by atoms with Gasteiger partial charge in [-0.2, -0.15) is 0 Å². The molecule has 2 aromatic rings. The van der Waals surface area contributed by atoms with Gasteiger partial charge in [-0.05, 0) is 11.1 Å². The molecule has 3 nitrogen and oxygen atoms in total. The Labute approximate surface area is 151 Å². The van der Waals surface area contributed by atoms with Gasteiger partial charge in [-0.25, -0.2) is 0 Å². The maximum Gasteiger partial charge on any atom is 0.175 e. The molecule has 0 saturated carbocycles. The van der Waals surface area contributed by atoms with E-state index < -0.39 is 0 Å². The summed E-state index contributed by atoms with van der Waals surface area (Å²) < 4.78 is 11.1. The Morgan fingerprint density at radius 3 is 2.12 bits per heavy atom. The fourth-order valence-electron chi connectivity index (χ4n) is 2.81. The Kier molecular flexibility index (Phi) is 8.13. The number of nitrogens with zero attached hydrogens (tertiary/aromatic N) is 1. The Hall–Kier alpha value is -2.20. The van der Waals surface area contributed by atoms with Crippen LogP contribution >= 0.6 is 0 Å². The SMILES string of the molecule is C=CCN(Cc1ccccc1)C(/C=C/c1ccccc1)C(OC)OC. The van der Waals surface area contributed by atoms with Crippen molar-refractivity contribution in [2.45, 2.75) is 18.9 Å². The first-order valence-corrected chi connectivity index (χ1v) is 8.46. The van der Waals surface area contributed by atoms with Crippen LogP contribution in [0.25, 0.3) is 6.08 Å². The van der Waals surface area contributed by atoms with Crippen molar-refractivity contribution < 1.29 is 9.47 Å². The van der Waals surface area contributed by atoms with Crippen LogP contribution in [0.5, 0.6) is 0 Å². The van der Waals surface area contributed by atoms with Crippen LogP contribution in [0.15, 0.2) is 79.4 Å². The van der Waals surface area contributed by atoms with E-state index in [0.29, 0.717) is 0 Å². The topological polar surface area (TPSA) is 21.7 Å². The lowest BCUT2D eigenvalue weighted by Crippen LogP contribution is -2.43. The molecule has 1 unspecified atom stereocenters. The van der Waals surface area contributed by atoms with Crippen LogP contribution in [0.4, 0.5) is 0 Å². The predicted molar refractivity (Wildman–Crippen MR) is 104 cm³/mol. The lowest BCUT2D eigenvalue weighted by Gasteiger charge is -2.33. The largest absolute Gasteiger partial charge is 0.354 e. The van der Waals surface area contributed by atoms with Gasteiger partial charge in [0, 0.05) is 27.3 Å². The molecule has 25 heavy (non-hydrogen) atoms. The zero-order valence-electron chi connectivity index (χ0n) is 15.0. The fourth-order valence-corrected chi connectivity index (χ4v) is 2.81. The molecule has 2 aromatic carbocycles. The summed E-state index contributed by atoms with van der Waals surface area (Å²) in [7, 11) is 3.35. The van der Waals surface area contributed by atoms with Crippen molar-refractivity contribution in [2.75, 3.05) is 20.8 Å². The molecule has 0 aliphatic rings. The van der Waals surface area contributed by atoms with Crippen LogP contribution in [0.3, 0.4) is 0 Å². The average molecular weight is 337 g/mol. The number of rotatable bonds is 10. The Bertz CT molecular complexity index is 636. The Morgan fingerprint density at radius 2 is 1.56 bits per heavy atom. The third kappa shape index (κ3) is 5.98. The third-order valence-corrected chi connectivity index (χ3v) is 4.04. The summed E-state index contributed by atoms with van der Waals surface area (Å²) in [5.41, 5.74) is 2.39. The molecule has 1 atom stereocenters. The molecule has 2 rings (SSSR count). The van der Waals surface area contributed by atoms with Crippen LogP contribution in [-0.4, -0.2) is 38.0 Å². The molecular formula is C22H27NO2. The molecule has 0 bridgehead atoms. The molecule has 0 heterocycles. The number of methoxy groups -OCH3 is 2. The predicted octanol–water partition coefficient (Wildman–Crippen LogP) is 4.38. The molecule has 0 N–H and O–H groups in total. The number of hydrogen-bond acceptors (Lipinski definition) is 3. The van der Waals surface area contributed by atoms with E-state index in [1.165, 1.54) is 5.56 Å². The van der Waals surface area contributed by atoms with Crippen molar-refractivity contribution in [3.63, 3.8) is 0 Å². The van der Waals surface area contributed by atoms with E-state index in [0.717, 1.165) is 18.7 Å². The number of hydrogen-bond donors (Lipinski definition) is 0. The summed E-state index contributed by atoms with van der Waals surface area (Å²) >= 11 is 0. The van der Waals surface area contributed by atoms with Crippen LogP contribution < -0.4 is 0 Å². The van der Waals surface area contributed by atoms with Gasteiger partial charge in [0.05, 0.1) is 6.04 Å². The molecule has 0 amide bonds. The van der Waals surface area contributed by atoms with Crippen molar-refractivity contribution in [1.82, 2.24) is 4.90 Å². The molecule has 0 aromatic heterocycles. The van der Waals surface area contributed by atoms with Crippen molar-refractivity contribution in [1.29, 1.82) is 0 Å². The van der Waals surface area contributed by atoms with Gasteiger partial charge in [0.25, 0.3) is 0 Å². The minimum absolute atomic E-state index is 0.0339. The normalized spacial score (nSPS) is 12.8. The smallest absolute Gasteiger partial charge is 0.175 e. The first-order chi connectivity index (χ1) is 12.3. The minimum Gasteiger partial charge on any atom is -0.354 e. The second-order valence-corrected chi connectivity index (χ2v) is 5.80. The zero-order valence-corrected chi connectivity index (χ0v) is 15.0. The fraction of sp³-hybridized carbons (Fsp3) is 0.273. The highest BCUT2D eigenvalue weighted by Crippen LogP contribution is 2.16. The van der Waals surface area contributed by atoms with E-state index in [1.54, 1.807) is 14.2 Å². The van der Waals surface area contributed by atoms with Crippen molar-refractivity contribution in [3.8, 4) is 0 Å². The first-order valence-electron chi connectivity index (χ1n) is 8.46. The Morgan fingerprint density at radius 1 is 0.960 bits per heavy atom. The molecule has 0 saturated heterocycles. The van der Waals surface area contributed by atoms with Gasteiger partial charge in [-0.3, -0.25) is 4.90 Å². The van der Waals surface area contributed by atoms with Gasteiger partial charge in [0.1, 0.15) is 0 Å². The molecule has 0 aliphatic carbocycles. The zero-order chi connectivity index (χ0) is 17.9. The summed E-state index contributed by atoms with van der Waals surface area (Å²) in [5, 5.41) is 0.